The number of anilines is 6. The lowest BCUT2D eigenvalue weighted by Crippen LogP contribution is -2.70. The number of esters is 1. The first-order valence-corrected chi connectivity index (χ1v) is 35.0. The minimum atomic E-state index is -2.23. The smallest absolute Gasteiger partial charge is 0.322 e. The summed E-state index contributed by atoms with van der Waals surface area (Å²) in [5, 5.41) is 51.4. The van der Waals surface area contributed by atoms with E-state index in [9.17, 15) is 20.4 Å². The molecule has 1 fully saturated rings. The lowest BCUT2D eigenvalue weighted by Gasteiger charge is -2.55. The molecule has 0 saturated heterocycles. The first kappa shape index (κ1) is 65.5. The van der Waals surface area contributed by atoms with Gasteiger partial charge in [0.25, 0.3) is 0 Å². The molecular weight excluding hydrogens is 1280 g/mol. The van der Waals surface area contributed by atoms with Crippen LogP contribution in [0.25, 0.3) is 89.0 Å². The largest absolute Gasteiger partial charge is 0.508 e. The first-order chi connectivity index (χ1) is 51.2. The van der Waals surface area contributed by atoms with Crippen molar-refractivity contribution in [2.45, 2.75) is 30.1 Å². The molecule has 15 aromatic rings. The third kappa shape index (κ3) is 12.6. The van der Waals surface area contributed by atoms with Crippen molar-refractivity contribution in [1.82, 2.24) is 0 Å². The van der Waals surface area contributed by atoms with Crippen molar-refractivity contribution < 1.29 is 30.0 Å². The number of phenolic OH excluding ortho intramolecular Hbond substituents is 2. The maximum atomic E-state index is 15.3. The van der Waals surface area contributed by atoms with Crippen molar-refractivity contribution in [1.29, 1.82) is 0 Å². The number of nitrogens with zero attached hydrogens (tertiary/aromatic N) is 2. The highest BCUT2D eigenvalue weighted by Crippen LogP contribution is 2.58. The Balaban J connectivity index is 0.762. The molecule has 4 N–H and O–H groups in total. The maximum absolute atomic E-state index is 15.3. The van der Waals surface area contributed by atoms with Gasteiger partial charge in [-0.2, -0.15) is 0 Å². The summed E-state index contributed by atoms with van der Waals surface area (Å²) in [6.07, 6.45) is -3.42. The molecule has 0 aromatic heterocycles. The van der Waals surface area contributed by atoms with Crippen LogP contribution in [-0.2, 0) is 21.6 Å². The number of hydrogen-bond acceptors (Lipinski definition) is 8. The van der Waals surface area contributed by atoms with Crippen LogP contribution in [0.2, 0.25) is 0 Å². The second-order valence-electron chi connectivity index (χ2n) is 26.3. The van der Waals surface area contributed by atoms with Crippen LogP contribution in [0.15, 0.2) is 382 Å². The van der Waals surface area contributed by atoms with E-state index < -0.39 is 29.5 Å². The highest BCUT2D eigenvalue weighted by Gasteiger charge is 2.69. The Morgan fingerprint density at radius 3 is 0.827 bits per heavy atom. The lowest BCUT2D eigenvalue weighted by atomic mass is 9.52. The molecule has 0 heterocycles. The molecule has 4 atom stereocenters. The molecular formula is C96H72N2O6. The molecule has 0 radical (unpaired) electrons. The van der Waals surface area contributed by atoms with Gasteiger partial charge in [-0.3, -0.25) is 4.79 Å². The molecule has 0 amide bonds. The zero-order valence-electron chi connectivity index (χ0n) is 56.8. The van der Waals surface area contributed by atoms with Gasteiger partial charge in [0, 0.05) is 63.3 Å². The first-order valence-electron chi connectivity index (χ1n) is 35.0. The lowest BCUT2D eigenvalue weighted by molar-refractivity contribution is -0.192. The van der Waals surface area contributed by atoms with Gasteiger partial charge >= 0.3 is 5.97 Å². The second-order valence-corrected chi connectivity index (χ2v) is 26.3. The molecule has 104 heavy (non-hydrogen) atoms. The summed E-state index contributed by atoms with van der Waals surface area (Å²) >= 11 is 0. The van der Waals surface area contributed by atoms with E-state index in [1.54, 1.807) is 30.3 Å². The molecule has 15 aromatic carbocycles. The molecule has 502 valence electrons. The van der Waals surface area contributed by atoms with Crippen molar-refractivity contribution in [3.63, 3.8) is 0 Å². The van der Waals surface area contributed by atoms with Crippen LogP contribution in [0.4, 0.5) is 34.1 Å². The zero-order valence-corrected chi connectivity index (χ0v) is 56.8. The van der Waals surface area contributed by atoms with Crippen LogP contribution in [0.3, 0.4) is 0 Å². The number of ether oxygens (including phenoxy) is 1. The molecule has 2 unspecified atom stereocenters. The quantitative estimate of drug-likeness (QED) is 0.0592. The minimum absolute atomic E-state index is 0.0387. The Morgan fingerprint density at radius 2 is 0.538 bits per heavy atom. The molecule has 8 heteroatoms. The fraction of sp³-hybridized carbons (Fsp3) is 0.0521. The summed E-state index contributed by atoms with van der Waals surface area (Å²) < 4.78 is 6.11. The van der Waals surface area contributed by atoms with E-state index in [0.29, 0.717) is 16.9 Å². The number of phenols is 2. The van der Waals surface area contributed by atoms with Gasteiger partial charge in [0.1, 0.15) is 23.5 Å². The van der Waals surface area contributed by atoms with E-state index in [4.69, 9.17) is 4.74 Å². The van der Waals surface area contributed by atoms with E-state index in [0.717, 1.165) is 112 Å². The molecule has 1 aliphatic carbocycles. The van der Waals surface area contributed by atoms with Gasteiger partial charge in [0.2, 0.25) is 0 Å². The molecule has 0 bridgehead atoms. The van der Waals surface area contributed by atoms with Gasteiger partial charge in [0.05, 0.1) is 12.2 Å². The number of aliphatic hydroxyl groups excluding tert-OH is 2. The van der Waals surface area contributed by atoms with E-state index in [-0.39, 0.29) is 29.2 Å². The fourth-order valence-corrected chi connectivity index (χ4v) is 15.1. The van der Waals surface area contributed by atoms with Crippen LogP contribution in [0.1, 0.15) is 22.6 Å². The summed E-state index contributed by atoms with van der Waals surface area (Å²) in [6.45, 7) is -0.174. The summed E-state index contributed by atoms with van der Waals surface area (Å²) in [4.78, 5) is 19.4. The van der Waals surface area contributed by atoms with Crippen molar-refractivity contribution in [2.75, 3.05) is 9.80 Å². The van der Waals surface area contributed by atoms with Crippen molar-refractivity contribution in [2.24, 2.45) is 0 Å². The molecule has 8 nitrogen and oxygen atoms in total. The van der Waals surface area contributed by atoms with Gasteiger partial charge in [0.15, 0.2) is 0 Å². The van der Waals surface area contributed by atoms with Crippen molar-refractivity contribution in [3.8, 4) is 101 Å². The number of aromatic hydroxyl groups is 2. The Hall–Kier alpha value is -13.1. The second kappa shape index (κ2) is 28.9. The highest BCUT2D eigenvalue weighted by atomic mass is 16.5. The van der Waals surface area contributed by atoms with Crippen molar-refractivity contribution >= 4 is 40.1 Å². The van der Waals surface area contributed by atoms with Gasteiger partial charge in [-0.05, 0) is 155 Å². The average Bonchev–Trinajstić information content (AvgIpc) is 0.690. The van der Waals surface area contributed by atoms with Crippen molar-refractivity contribution in [3.05, 3.63) is 399 Å². The zero-order chi connectivity index (χ0) is 70.5. The molecule has 1 saturated carbocycles. The van der Waals surface area contributed by atoms with Gasteiger partial charge in [-0.25, -0.2) is 0 Å². The fourth-order valence-electron chi connectivity index (χ4n) is 15.1. The van der Waals surface area contributed by atoms with Crippen LogP contribution in [0, 0.1) is 0 Å². The summed E-state index contributed by atoms with van der Waals surface area (Å²) in [7, 11) is 0. The summed E-state index contributed by atoms with van der Waals surface area (Å²) in [5.74, 6) is -2.74. The van der Waals surface area contributed by atoms with Gasteiger partial charge < -0.3 is 35.0 Å². The number of carbonyl (C=O) groups is 1. The third-order valence-electron chi connectivity index (χ3n) is 20.3. The number of benzene rings is 15. The van der Waals surface area contributed by atoms with E-state index in [2.05, 4.69) is 211 Å². The minimum Gasteiger partial charge on any atom is -0.508 e. The number of hydrogen-bond donors (Lipinski definition) is 4. The van der Waals surface area contributed by atoms with Crippen LogP contribution < -0.4 is 9.80 Å². The molecule has 16 rings (SSSR count). The van der Waals surface area contributed by atoms with Crippen LogP contribution in [-0.4, -0.2) is 38.6 Å². The monoisotopic (exact) mass is 1350 g/mol. The normalized spacial score (nSPS) is 15.3. The summed E-state index contributed by atoms with van der Waals surface area (Å²) in [5.41, 5.74) is 20.1. The van der Waals surface area contributed by atoms with E-state index in [1.165, 1.54) is 0 Å². The number of carbonyl (C=O) groups excluding carboxylic acids is 1. The maximum Gasteiger partial charge on any atom is 0.322 e. The van der Waals surface area contributed by atoms with Crippen LogP contribution >= 0.6 is 0 Å². The Bertz CT molecular complexity index is 5240. The van der Waals surface area contributed by atoms with Crippen LogP contribution in [0.5, 0.6) is 11.5 Å². The standard InChI is InChI=1S/C96H72N2O6/c99-90-62-78(97(74-50-42-70(43-51-74)84-38-20-16-34-80(84)66-26-8-2-9-27-66)75-52-44-71(45-53-75)85-39-21-17-35-81(85)67-28-10-3-11-29-67)58-60-88(90)92-93(101)96(94(92)102,95(103)104-64-65-24-6-1-7-25-65)89-61-59-79(63-91(89)100)98(76-54-46-72(47-55-76)86-40-22-18-36-82(86)68-30-12-4-13-31-68)77-56-48-73(49-57-77)87-41-23-19-37-83(87)69-32-14-5-15-33-69/h1-63,92-94,99-102H,64H2/t92-,93+,94?,96?/m0/s1. The number of aliphatic hydroxyl groups is 2. The Labute approximate surface area is 605 Å². The SMILES string of the molecule is O=C(OCc1ccccc1)C1(c2ccc(N(c3ccc(-c4ccccc4-c4ccccc4)cc3)c3ccc(-c4ccccc4-c4ccccc4)cc3)cc2O)C(O)[C@@H](c2ccc(N(c3ccc(-c4ccccc4-c4ccccc4)cc3)c3ccc(-c4ccccc4-c4ccccc4)cc3)cc2O)[C@H]1O. The average molecular weight is 1350 g/mol. The topological polar surface area (TPSA) is 114 Å². The van der Waals surface area contributed by atoms with Gasteiger partial charge in [-0.1, -0.05) is 309 Å². The highest BCUT2D eigenvalue weighted by molar-refractivity contribution is 5.93. The summed E-state index contributed by atoms with van der Waals surface area (Å²) in [6, 6.07) is 127. The third-order valence-corrected chi connectivity index (χ3v) is 20.3. The Kier molecular flexibility index (Phi) is 18.2. The van der Waals surface area contributed by atoms with E-state index >= 15 is 4.79 Å². The predicted molar refractivity (Wildman–Crippen MR) is 422 cm³/mol. The molecule has 0 aliphatic heterocycles. The van der Waals surface area contributed by atoms with E-state index in [1.807, 2.05) is 150 Å². The van der Waals surface area contributed by atoms with Gasteiger partial charge in [-0.15, -0.1) is 0 Å². The molecule has 1 aliphatic rings. The predicted octanol–water partition coefficient (Wildman–Crippen LogP) is 22.9. The number of rotatable bonds is 19. The molecule has 0 spiro atoms. The Morgan fingerprint density at radius 1 is 0.288 bits per heavy atom.